The second kappa shape index (κ2) is 11.0. The molecule has 1 fully saturated rings. The van der Waals surface area contributed by atoms with Crippen molar-refractivity contribution in [2.45, 2.75) is 29.1 Å². The summed E-state index contributed by atoms with van der Waals surface area (Å²) in [7, 11) is 0. The van der Waals surface area contributed by atoms with E-state index in [2.05, 4.69) is 73.8 Å². The highest BCUT2D eigenvalue weighted by molar-refractivity contribution is 8.19. The Morgan fingerprint density at radius 3 is 2.18 bits per heavy atom. The zero-order valence-electron chi connectivity index (χ0n) is 16.2. The molecule has 0 saturated carbocycles. The number of halogens is 1. The van der Waals surface area contributed by atoms with Crippen LogP contribution in [0.2, 0.25) is 0 Å². The molecule has 1 aliphatic heterocycles. The van der Waals surface area contributed by atoms with Crippen LogP contribution in [0.3, 0.4) is 0 Å². The molecule has 0 bridgehead atoms. The van der Waals surface area contributed by atoms with E-state index in [-0.39, 0.29) is 5.82 Å². The Bertz CT molecular complexity index is 826. The van der Waals surface area contributed by atoms with Gasteiger partial charge in [0.05, 0.1) is 4.58 Å². The third-order valence-electron chi connectivity index (χ3n) is 4.41. The van der Waals surface area contributed by atoms with Crippen LogP contribution in [0.1, 0.15) is 26.8 Å². The Morgan fingerprint density at radius 1 is 0.857 bits per heavy atom. The highest BCUT2D eigenvalue weighted by Crippen LogP contribution is 2.45. The van der Waals surface area contributed by atoms with Gasteiger partial charge in [-0.15, -0.1) is 35.3 Å². The van der Waals surface area contributed by atoms with Crippen LogP contribution in [0.5, 0.6) is 0 Å². The van der Waals surface area contributed by atoms with E-state index in [0.717, 1.165) is 5.56 Å². The van der Waals surface area contributed by atoms with Crippen molar-refractivity contribution < 1.29 is 4.39 Å². The Hall–Kier alpha value is -1.36. The molecule has 0 aliphatic carbocycles. The van der Waals surface area contributed by atoms with Crippen LogP contribution in [0.25, 0.3) is 0 Å². The molecule has 1 aliphatic rings. The first kappa shape index (κ1) is 21.4. The molecule has 1 saturated heterocycles. The summed E-state index contributed by atoms with van der Waals surface area (Å²) in [6.07, 6.45) is 0. The topological polar surface area (TPSA) is 0 Å². The van der Waals surface area contributed by atoms with Gasteiger partial charge in [0.15, 0.2) is 0 Å². The molecule has 0 aromatic heterocycles. The number of aryl methyl sites for hydroxylation is 2. The summed E-state index contributed by atoms with van der Waals surface area (Å²) in [5, 5.41) is 0. The SMILES string of the molecule is Cc1ccc(C2SCCS2)cc1.Cc1ccccc1SCc1ccccc1F. The van der Waals surface area contributed by atoms with Gasteiger partial charge in [-0.05, 0) is 42.7 Å². The summed E-state index contributed by atoms with van der Waals surface area (Å²) < 4.78 is 14.1. The van der Waals surface area contributed by atoms with Crippen LogP contribution in [-0.2, 0) is 5.75 Å². The lowest BCUT2D eigenvalue weighted by Crippen LogP contribution is -1.87. The zero-order valence-corrected chi connectivity index (χ0v) is 18.7. The summed E-state index contributed by atoms with van der Waals surface area (Å²) in [5.41, 5.74) is 4.83. The van der Waals surface area contributed by atoms with Crippen LogP contribution in [0, 0.1) is 19.7 Å². The van der Waals surface area contributed by atoms with E-state index in [1.165, 1.54) is 39.2 Å². The first-order valence-corrected chi connectivity index (χ1v) is 12.4. The van der Waals surface area contributed by atoms with Gasteiger partial charge in [-0.3, -0.25) is 0 Å². The van der Waals surface area contributed by atoms with Gasteiger partial charge in [-0.2, -0.15) is 0 Å². The minimum atomic E-state index is -0.122. The van der Waals surface area contributed by atoms with Gasteiger partial charge in [0.2, 0.25) is 0 Å². The molecule has 0 amide bonds. The average molecular weight is 429 g/mol. The van der Waals surface area contributed by atoms with Crippen LogP contribution < -0.4 is 0 Å². The lowest BCUT2D eigenvalue weighted by molar-refractivity contribution is 0.617. The molecular weight excluding hydrogens is 403 g/mol. The summed E-state index contributed by atoms with van der Waals surface area (Å²) in [6, 6.07) is 24.0. The Morgan fingerprint density at radius 2 is 1.50 bits per heavy atom. The van der Waals surface area contributed by atoms with Gasteiger partial charge in [-0.25, -0.2) is 4.39 Å². The van der Waals surface area contributed by atoms with Crippen molar-refractivity contribution in [1.82, 2.24) is 0 Å². The third-order valence-corrected chi connectivity index (χ3v) is 8.73. The van der Waals surface area contributed by atoms with E-state index in [1.54, 1.807) is 17.8 Å². The molecule has 4 rings (SSSR count). The Kier molecular flexibility index (Phi) is 8.38. The van der Waals surface area contributed by atoms with Crippen molar-refractivity contribution in [2.75, 3.05) is 11.5 Å². The van der Waals surface area contributed by atoms with Crippen molar-refractivity contribution in [1.29, 1.82) is 0 Å². The van der Waals surface area contributed by atoms with Crippen molar-refractivity contribution in [3.63, 3.8) is 0 Å². The highest BCUT2D eigenvalue weighted by atomic mass is 32.2. The van der Waals surface area contributed by atoms with Gasteiger partial charge in [-0.1, -0.05) is 66.2 Å². The number of hydrogen-bond donors (Lipinski definition) is 0. The molecule has 1 heterocycles. The minimum absolute atomic E-state index is 0.122. The van der Waals surface area contributed by atoms with Crippen molar-refractivity contribution in [3.8, 4) is 0 Å². The van der Waals surface area contributed by atoms with E-state index in [9.17, 15) is 4.39 Å². The maximum atomic E-state index is 13.4. The molecule has 4 heteroatoms. The van der Waals surface area contributed by atoms with Gasteiger partial charge >= 0.3 is 0 Å². The fourth-order valence-corrected chi connectivity index (χ4v) is 6.64. The quantitative estimate of drug-likeness (QED) is 0.388. The zero-order chi connectivity index (χ0) is 19.8. The summed E-state index contributed by atoms with van der Waals surface area (Å²) in [4.78, 5) is 1.21. The van der Waals surface area contributed by atoms with E-state index in [1.807, 2.05) is 24.3 Å². The number of thioether (sulfide) groups is 3. The predicted octanol–water partition coefficient (Wildman–Crippen LogP) is 7.90. The Balaban J connectivity index is 0.000000167. The molecule has 3 aromatic rings. The molecule has 0 spiro atoms. The molecule has 146 valence electrons. The molecule has 3 aromatic carbocycles. The van der Waals surface area contributed by atoms with Gasteiger partial charge < -0.3 is 0 Å². The summed E-state index contributed by atoms with van der Waals surface area (Å²) in [6.45, 7) is 4.21. The summed E-state index contributed by atoms with van der Waals surface area (Å²) >= 11 is 5.80. The van der Waals surface area contributed by atoms with Crippen LogP contribution in [0.15, 0.2) is 77.7 Å². The van der Waals surface area contributed by atoms with Gasteiger partial charge in [0.25, 0.3) is 0 Å². The monoisotopic (exact) mass is 428 g/mol. The second-order valence-corrected chi connectivity index (χ2v) is 10.4. The van der Waals surface area contributed by atoms with E-state index < -0.39 is 0 Å². The van der Waals surface area contributed by atoms with Gasteiger partial charge in [0.1, 0.15) is 5.82 Å². The smallest absolute Gasteiger partial charge is 0.127 e. The first-order valence-electron chi connectivity index (χ1n) is 9.35. The lowest BCUT2D eigenvalue weighted by atomic mass is 10.2. The maximum Gasteiger partial charge on any atom is 0.127 e. The number of benzene rings is 3. The number of hydrogen-bond acceptors (Lipinski definition) is 3. The minimum Gasteiger partial charge on any atom is -0.207 e. The second-order valence-electron chi connectivity index (χ2n) is 6.63. The van der Waals surface area contributed by atoms with Crippen LogP contribution in [-0.4, -0.2) is 11.5 Å². The standard InChI is InChI=1S/C14H13FS.C10H12S2/c1-11-6-2-5-9-14(11)16-10-12-7-3-4-8-13(12)15;1-8-2-4-9(5-3-8)10-11-6-7-12-10/h2-9H,10H2,1H3;2-5,10H,6-7H2,1H3. The van der Waals surface area contributed by atoms with Crippen molar-refractivity contribution in [3.05, 3.63) is 101 Å². The average Bonchev–Trinajstić information content (AvgIpc) is 3.24. The molecule has 0 N–H and O–H groups in total. The fraction of sp³-hybridized carbons (Fsp3) is 0.250. The van der Waals surface area contributed by atoms with Crippen LogP contribution >= 0.6 is 35.3 Å². The van der Waals surface area contributed by atoms with Crippen molar-refractivity contribution >= 4 is 35.3 Å². The number of rotatable bonds is 4. The third kappa shape index (κ3) is 6.33. The van der Waals surface area contributed by atoms with E-state index in [4.69, 9.17) is 0 Å². The predicted molar refractivity (Wildman–Crippen MR) is 126 cm³/mol. The van der Waals surface area contributed by atoms with Crippen molar-refractivity contribution in [2.24, 2.45) is 0 Å². The summed E-state index contributed by atoms with van der Waals surface area (Å²) in [5.74, 6) is 3.17. The first-order chi connectivity index (χ1) is 13.6. The molecule has 0 atom stereocenters. The Labute approximate surface area is 180 Å². The molecular formula is C24H25FS3. The fourth-order valence-electron chi connectivity index (χ4n) is 2.76. The maximum absolute atomic E-state index is 13.4. The van der Waals surface area contributed by atoms with E-state index >= 15 is 0 Å². The molecule has 0 nitrogen and oxygen atoms in total. The lowest BCUT2D eigenvalue weighted by Gasteiger charge is -2.07. The molecule has 0 radical (unpaired) electrons. The molecule has 0 unspecified atom stereocenters. The molecule has 28 heavy (non-hydrogen) atoms. The van der Waals surface area contributed by atoms with Crippen LogP contribution in [0.4, 0.5) is 4.39 Å². The normalized spacial score (nSPS) is 13.8. The largest absolute Gasteiger partial charge is 0.207 e. The van der Waals surface area contributed by atoms with E-state index in [0.29, 0.717) is 10.3 Å². The van der Waals surface area contributed by atoms with Gasteiger partial charge in [0, 0.05) is 22.2 Å². The highest BCUT2D eigenvalue weighted by Gasteiger charge is 2.17.